The average Bonchev–Trinajstić information content (AvgIpc) is 2.92. The van der Waals surface area contributed by atoms with E-state index in [-0.39, 0.29) is 69.5 Å². The Morgan fingerprint density at radius 1 is 1.24 bits per heavy atom. The number of carbonyl (C=O) groups is 2. The van der Waals surface area contributed by atoms with Crippen molar-refractivity contribution in [1.82, 2.24) is 5.43 Å². The standard InChI is InChI=1S/C18H18N2O4.K/c1-11-16-13(8-5-9-14(16)24-17(11)18(22)23)19-20-15(21)10-12-6-3-2-4-7-12;/h2-4,6-7H,5,8-10H2,1H3,(H,20,21)(H,22,23);/q;+1/p-1/b19-13+;. The normalized spacial score (nSPS) is 14.5. The molecule has 0 fully saturated rings. The summed E-state index contributed by atoms with van der Waals surface area (Å²) in [5.74, 6) is -1.13. The first kappa shape index (κ1) is 20.1. The third-order valence-electron chi connectivity index (χ3n) is 4.03. The van der Waals surface area contributed by atoms with E-state index in [1.54, 1.807) is 6.92 Å². The number of hydrogen-bond donors (Lipinski definition) is 1. The SMILES string of the molecule is Cc1c(C(=O)[O-])oc2c1/C(=N/NC(=O)Cc1ccccc1)CCC2.[K+]. The Morgan fingerprint density at radius 3 is 2.64 bits per heavy atom. The first-order valence-electron chi connectivity index (χ1n) is 7.79. The Labute approximate surface area is 188 Å². The molecule has 1 amide bonds. The quantitative estimate of drug-likeness (QED) is 0.520. The van der Waals surface area contributed by atoms with Crippen molar-refractivity contribution >= 4 is 17.6 Å². The van der Waals surface area contributed by atoms with Gasteiger partial charge in [0.1, 0.15) is 11.7 Å². The van der Waals surface area contributed by atoms with Crippen molar-refractivity contribution in [2.45, 2.75) is 32.6 Å². The van der Waals surface area contributed by atoms with Crippen LogP contribution in [0.4, 0.5) is 0 Å². The number of carbonyl (C=O) groups excluding carboxylic acids is 2. The second kappa shape index (κ2) is 8.91. The van der Waals surface area contributed by atoms with Crippen molar-refractivity contribution in [3.8, 4) is 0 Å². The molecule has 0 saturated heterocycles. The van der Waals surface area contributed by atoms with Crippen LogP contribution in [-0.4, -0.2) is 17.6 Å². The van der Waals surface area contributed by atoms with Gasteiger partial charge < -0.3 is 14.3 Å². The summed E-state index contributed by atoms with van der Waals surface area (Å²) in [6, 6.07) is 9.38. The molecule has 2 aromatic rings. The van der Waals surface area contributed by atoms with Crippen LogP contribution < -0.4 is 61.9 Å². The number of amides is 1. The van der Waals surface area contributed by atoms with Gasteiger partial charge >= 0.3 is 51.4 Å². The maximum absolute atomic E-state index is 12.0. The molecule has 0 atom stereocenters. The number of nitrogens with one attached hydrogen (secondary N) is 1. The van der Waals surface area contributed by atoms with Gasteiger partial charge in [-0.05, 0) is 25.3 Å². The van der Waals surface area contributed by atoms with Crippen LogP contribution in [-0.2, 0) is 17.6 Å². The second-order valence-electron chi connectivity index (χ2n) is 5.75. The first-order chi connectivity index (χ1) is 11.6. The maximum Gasteiger partial charge on any atom is 1.00 e. The summed E-state index contributed by atoms with van der Waals surface area (Å²) in [7, 11) is 0. The van der Waals surface area contributed by atoms with Gasteiger partial charge in [0, 0.05) is 17.5 Å². The number of rotatable bonds is 4. The van der Waals surface area contributed by atoms with Crippen LogP contribution in [0.15, 0.2) is 39.9 Å². The van der Waals surface area contributed by atoms with Gasteiger partial charge in [-0.25, -0.2) is 5.43 Å². The number of hydrogen-bond acceptors (Lipinski definition) is 5. The van der Waals surface area contributed by atoms with Gasteiger partial charge in [0.25, 0.3) is 0 Å². The zero-order valence-electron chi connectivity index (χ0n) is 14.3. The van der Waals surface area contributed by atoms with Gasteiger partial charge in [0.15, 0.2) is 5.76 Å². The summed E-state index contributed by atoms with van der Waals surface area (Å²) in [6.07, 6.45) is 2.34. The van der Waals surface area contributed by atoms with E-state index < -0.39 is 5.97 Å². The fourth-order valence-corrected chi connectivity index (χ4v) is 2.93. The molecule has 6 nitrogen and oxygen atoms in total. The predicted molar refractivity (Wildman–Crippen MR) is 85.5 cm³/mol. The molecule has 0 saturated carbocycles. The van der Waals surface area contributed by atoms with Crippen LogP contribution in [0.2, 0.25) is 0 Å². The van der Waals surface area contributed by atoms with Gasteiger partial charge in [-0.3, -0.25) is 4.79 Å². The Bertz CT molecular complexity index is 812. The third kappa shape index (κ3) is 4.68. The van der Waals surface area contributed by atoms with E-state index in [2.05, 4.69) is 10.5 Å². The topological polar surface area (TPSA) is 94.7 Å². The number of aromatic carboxylic acids is 1. The Morgan fingerprint density at radius 2 is 1.96 bits per heavy atom. The van der Waals surface area contributed by atoms with E-state index in [4.69, 9.17) is 4.42 Å². The molecule has 1 heterocycles. The van der Waals surface area contributed by atoms with Gasteiger partial charge in [0.05, 0.1) is 12.1 Å². The van der Waals surface area contributed by atoms with Gasteiger partial charge in [-0.2, -0.15) is 5.10 Å². The first-order valence-corrected chi connectivity index (χ1v) is 7.79. The molecule has 1 aliphatic rings. The smallest absolute Gasteiger partial charge is 0.542 e. The summed E-state index contributed by atoms with van der Waals surface area (Å²) < 4.78 is 5.38. The van der Waals surface area contributed by atoms with Crippen molar-refractivity contribution < 1.29 is 70.5 Å². The van der Waals surface area contributed by atoms with E-state index >= 15 is 0 Å². The number of benzene rings is 1. The number of furan rings is 1. The minimum absolute atomic E-state index is 0. The molecule has 3 rings (SSSR count). The van der Waals surface area contributed by atoms with Crippen molar-refractivity contribution in [2.75, 3.05) is 0 Å². The van der Waals surface area contributed by atoms with Crippen LogP contribution in [0.25, 0.3) is 0 Å². The summed E-state index contributed by atoms with van der Waals surface area (Å²) in [6.45, 7) is 1.67. The summed E-state index contributed by atoms with van der Waals surface area (Å²) >= 11 is 0. The fraction of sp³-hybridized carbons (Fsp3) is 0.278. The molecular formula is C18H17KN2O4. The minimum atomic E-state index is -1.34. The van der Waals surface area contributed by atoms with E-state index in [1.165, 1.54) is 0 Å². The van der Waals surface area contributed by atoms with Crippen LogP contribution >= 0.6 is 0 Å². The van der Waals surface area contributed by atoms with Gasteiger partial charge in [-0.1, -0.05) is 30.3 Å². The van der Waals surface area contributed by atoms with Crippen LogP contribution in [0.5, 0.6) is 0 Å². The zero-order valence-corrected chi connectivity index (χ0v) is 17.4. The monoisotopic (exact) mass is 364 g/mol. The Balaban J connectivity index is 0.00000225. The molecule has 0 spiro atoms. The van der Waals surface area contributed by atoms with E-state index in [9.17, 15) is 14.7 Å². The predicted octanol–water partition coefficient (Wildman–Crippen LogP) is -1.65. The minimum Gasteiger partial charge on any atom is -0.542 e. The molecule has 0 radical (unpaired) electrons. The molecule has 124 valence electrons. The molecule has 7 heteroatoms. The molecule has 1 aromatic heterocycles. The Hall–Kier alpha value is -1.25. The molecular weight excluding hydrogens is 347 g/mol. The van der Waals surface area contributed by atoms with E-state index in [0.717, 1.165) is 12.0 Å². The van der Waals surface area contributed by atoms with Crippen molar-refractivity contribution in [3.05, 3.63) is 58.5 Å². The summed E-state index contributed by atoms with van der Waals surface area (Å²) in [4.78, 5) is 23.1. The van der Waals surface area contributed by atoms with Crippen LogP contribution in [0, 0.1) is 6.92 Å². The number of nitrogens with zero attached hydrogens (tertiary/aromatic N) is 1. The number of aryl methyl sites for hydroxylation is 1. The van der Waals surface area contributed by atoms with Gasteiger partial charge in [0.2, 0.25) is 5.91 Å². The number of carboxylic acids is 1. The molecule has 1 aliphatic carbocycles. The maximum atomic E-state index is 12.0. The van der Waals surface area contributed by atoms with Gasteiger partial charge in [-0.15, -0.1) is 0 Å². The number of hydrazone groups is 1. The molecule has 0 bridgehead atoms. The molecule has 0 unspecified atom stereocenters. The molecule has 1 aromatic carbocycles. The second-order valence-corrected chi connectivity index (χ2v) is 5.75. The fourth-order valence-electron chi connectivity index (χ4n) is 2.93. The van der Waals surface area contributed by atoms with E-state index in [0.29, 0.717) is 35.4 Å². The average molecular weight is 364 g/mol. The number of fused-ring (bicyclic) bond motifs is 1. The molecule has 25 heavy (non-hydrogen) atoms. The molecule has 0 aliphatic heterocycles. The van der Waals surface area contributed by atoms with Crippen LogP contribution in [0.1, 0.15) is 45.8 Å². The molecule has 1 N–H and O–H groups in total. The third-order valence-corrected chi connectivity index (χ3v) is 4.03. The number of carboxylic acid groups (broad SMARTS) is 1. The summed E-state index contributed by atoms with van der Waals surface area (Å²) in [5, 5.41) is 15.3. The van der Waals surface area contributed by atoms with Crippen molar-refractivity contribution in [3.63, 3.8) is 0 Å². The van der Waals surface area contributed by atoms with E-state index in [1.807, 2.05) is 30.3 Å². The zero-order chi connectivity index (χ0) is 17.1. The van der Waals surface area contributed by atoms with Crippen molar-refractivity contribution in [2.24, 2.45) is 5.10 Å². The summed E-state index contributed by atoms with van der Waals surface area (Å²) in [5.41, 5.74) is 5.28. The largest absolute Gasteiger partial charge is 1.00 e. The van der Waals surface area contributed by atoms with Crippen LogP contribution in [0.3, 0.4) is 0 Å². The Kier molecular flexibility index (Phi) is 7.15. The van der Waals surface area contributed by atoms with Crippen molar-refractivity contribution in [1.29, 1.82) is 0 Å².